The predicted octanol–water partition coefficient (Wildman–Crippen LogP) is 1.97. The zero-order valence-electron chi connectivity index (χ0n) is 13.7. The fourth-order valence-corrected chi connectivity index (χ4v) is 2.93. The maximum atomic E-state index is 12.8. The molecule has 1 aliphatic heterocycles. The van der Waals surface area contributed by atoms with Gasteiger partial charge in [-0.25, -0.2) is 4.98 Å². The minimum Gasteiger partial charge on any atom is -0.348 e. The minimum absolute atomic E-state index is 0.0176. The Hall–Kier alpha value is -1.36. The standard InChI is InChI=1S/C16H28N4O/c1-5-10-19(13-7-6-8-17-12-13)14-15(21)20(11-9-18-14)16(2,3)4/h9,11,13,17H,5-8,10,12H2,1-4H3. The highest BCUT2D eigenvalue weighted by Crippen LogP contribution is 2.18. The van der Waals surface area contributed by atoms with Crippen molar-refractivity contribution in [3.8, 4) is 0 Å². The van der Waals surface area contributed by atoms with Crippen LogP contribution in [0.5, 0.6) is 0 Å². The Morgan fingerprint density at radius 2 is 2.24 bits per heavy atom. The highest BCUT2D eigenvalue weighted by molar-refractivity contribution is 5.38. The van der Waals surface area contributed by atoms with E-state index < -0.39 is 0 Å². The van der Waals surface area contributed by atoms with Crippen molar-refractivity contribution in [3.63, 3.8) is 0 Å². The van der Waals surface area contributed by atoms with Gasteiger partial charge in [0.15, 0.2) is 5.82 Å². The maximum absolute atomic E-state index is 12.8. The molecule has 5 heteroatoms. The fraction of sp³-hybridized carbons (Fsp3) is 0.750. The van der Waals surface area contributed by atoms with Crippen LogP contribution in [0.4, 0.5) is 5.82 Å². The smallest absolute Gasteiger partial charge is 0.293 e. The van der Waals surface area contributed by atoms with Crippen LogP contribution in [0, 0.1) is 0 Å². The normalized spacial score (nSPS) is 19.5. The first kappa shape index (κ1) is 16.0. The third kappa shape index (κ3) is 3.64. The van der Waals surface area contributed by atoms with Crippen molar-refractivity contribution in [2.75, 3.05) is 24.5 Å². The van der Waals surface area contributed by atoms with Gasteiger partial charge in [0, 0.05) is 37.1 Å². The quantitative estimate of drug-likeness (QED) is 0.922. The summed E-state index contributed by atoms with van der Waals surface area (Å²) in [4.78, 5) is 19.4. The molecule has 1 saturated heterocycles. The van der Waals surface area contributed by atoms with Crippen LogP contribution in [0.25, 0.3) is 0 Å². The molecule has 21 heavy (non-hydrogen) atoms. The molecule has 2 heterocycles. The second kappa shape index (κ2) is 6.60. The van der Waals surface area contributed by atoms with Crippen LogP contribution < -0.4 is 15.8 Å². The number of rotatable bonds is 4. The van der Waals surface area contributed by atoms with Crippen LogP contribution in [0.2, 0.25) is 0 Å². The second-order valence-electron chi connectivity index (χ2n) is 6.79. The number of aromatic nitrogens is 2. The molecule has 1 atom stereocenters. The highest BCUT2D eigenvalue weighted by Gasteiger charge is 2.25. The monoisotopic (exact) mass is 292 g/mol. The molecular formula is C16H28N4O. The molecular weight excluding hydrogens is 264 g/mol. The van der Waals surface area contributed by atoms with E-state index in [0.29, 0.717) is 11.9 Å². The Labute approximate surface area is 127 Å². The molecule has 0 spiro atoms. The van der Waals surface area contributed by atoms with Gasteiger partial charge in [0.05, 0.1) is 0 Å². The van der Waals surface area contributed by atoms with Crippen LogP contribution in [-0.2, 0) is 5.54 Å². The zero-order valence-corrected chi connectivity index (χ0v) is 13.7. The molecule has 0 amide bonds. The van der Waals surface area contributed by atoms with E-state index in [2.05, 4.69) is 22.1 Å². The van der Waals surface area contributed by atoms with Gasteiger partial charge >= 0.3 is 0 Å². The summed E-state index contributed by atoms with van der Waals surface area (Å²) < 4.78 is 1.79. The van der Waals surface area contributed by atoms with Crippen LogP contribution >= 0.6 is 0 Å². The number of anilines is 1. The number of nitrogens with one attached hydrogen (secondary N) is 1. The van der Waals surface area contributed by atoms with Crippen molar-refractivity contribution >= 4 is 5.82 Å². The molecule has 1 aliphatic rings. The Morgan fingerprint density at radius 1 is 1.48 bits per heavy atom. The second-order valence-corrected chi connectivity index (χ2v) is 6.79. The average molecular weight is 292 g/mol. The van der Waals surface area contributed by atoms with Crippen molar-refractivity contribution < 1.29 is 0 Å². The maximum Gasteiger partial charge on any atom is 0.293 e. The van der Waals surface area contributed by atoms with E-state index in [1.807, 2.05) is 20.8 Å². The largest absolute Gasteiger partial charge is 0.348 e. The molecule has 0 aliphatic carbocycles. The summed E-state index contributed by atoms with van der Waals surface area (Å²) in [5.74, 6) is 0.600. The van der Waals surface area contributed by atoms with Crippen LogP contribution in [-0.4, -0.2) is 35.2 Å². The van der Waals surface area contributed by atoms with Crippen LogP contribution in [0.1, 0.15) is 47.0 Å². The van der Waals surface area contributed by atoms with E-state index in [0.717, 1.165) is 38.9 Å². The topological polar surface area (TPSA) is 50.2 Å². The summed E-state index contributed by atoms with van der Waals surface area (Å²) in [5, 5.41) is 3.43. The van der Waals surface area contributed by atoms with Crippen molar-refractivity contribution in [2.45, 2.75) is 58.5 Å². The Balaban J connectivity index is 2.38. The summed E-state index contributed by atoms with van der Waals surface area (Å²) in [6.07, 6.45) is 6.84. The van der Waals surface area contributed by atoms with Gasteiger partial charge in [0.25, 0.3) is 5.56 Å². The Morgan fingerprint density at radius 3 is 2.81 bits per heavy atom. The molecule has 0 saturated carbocycles. The van der Waals surface area contributed by atoms with E-state index >= 15 is 0 Å². The van der Waals surface area contributed by atoms with Crippen molar-refractivity contribution in [3.05, 3.63) is 22.7 Å². The number of piperidine rings is 1. The van der Waals surface area contributed by atoms with E-state index in [4.69, 9.17) is 0 Å². The summed E-state index contributed by atoms with van der Waals surface area (Å²) in [7, 11) is 0. The summed E-state index contributed by atoms with van der Waals surface area (Å²) >= 11 is 0. The molecule has 1 fully saturated rings. The lowest BCUT2D eigenvalue weighted by molar-refractivity contribution is 0.378. The molecule has 2 rings (SSSR count). The van der Waals surface area contributed by atoms with Gasteiger partial charge < -0.3 is 14.8 Å². The molecule has 0 aromatic carbocycles. The molecule has 118 valence electrons. The van der Waals surface area contributed by atoms with E-state index in [1.54, 1.807) is 17.0 Å². The molecule has 0 bridgehead atoms. The average Bonchev–Trinajstić information content (AvgIpc) is 2.45. The zero-order chi connectivity index (χ0) is 15.5. The van der Waals surface area contributed by atoms with Crippen LogP contribution in [0.15, 0.2) is 17.2 Å². The molecule has 1 aromatic rings. The minimum atomic E-state index is -0.225. The first-order valence-corrected chi connectivity index (χ1v) is 8.00. The Bertz CT molecular complexity index is 512. The first-order valence-electron chi connectivity index (χ1n) is 8.00. The lowest BCUT2D eigenvalue weighted by Gasteiger charge is -2.35. The SMILES string of the molecule is CCCN(c1nccn(C(C)(C)C)c1=O)C1CCCNC1. The number of hydrogen-bond donors (Lipinski definition) is 1. The van der Waals surface area contributed by atoms with Crippen molar-refractivity contribution in [2.24, 2.45) is 0 Å². The third-order valence-corrected chi connectivity index (χ3v) is 3.99. The van der Waals surface area contributed by atoms with Gasteiger partial charge in [-0.2, -0.15) is 0 Å². The number of nitrogens with zero attached hydrogens (tertiary/aromatic N) is 3. The van der Waals surface area contributed by atoms with Gasteiger partial charge in [-0.05, 0) is 46.6 Å². The van der Waals surface area contributed by atoms with Crippen LogP contribution in [0.3, 0.4) is 0 Å². The van der Waals surface area contributed by atoms with E-state index in [1.165, 1.54) is 0 Å². The molecule has 1 unspecified atom stereocenters. The van der Waals surface area contributed by atoms with Crippen molar-refractivity contribution in [1.82, 2.24) is 14.9 Å². The molecule has 1 N–H and O–H groups in total. The third-order valence-electron chi connectivity index (χ3n) is 3.99. The highest BCUT2D eigenvalue weighted by atomic mass is 16.1. The summed E-state index contributed by atoms with van der Waals surface area (Å²) in [6, 6.07) is 0.370. The van der Waals surface area contributed by atoms with E-state index in [9.17, 15) is 4.79 Å². The lowest BCUT2D eigenvalue weighted by Crippen LogP contribution is -2.49. The molecule has 5 nitrogen and oxygen atoms in total. The lowest BCUT2D eigenvalue weighted by atomic mass is 10.1. The fourth-order valence-electron chi connectivity index (χ4n) is 2.93. The van der Waals surface area contributed by atoms with Crippen molar-refractivity contribution in [1.29, 1.82) is 0 Å². The summed E-state index contributed by atoms with van der Waals surface area (Å²) in [5.41, 5.74) is -0.207. The molecule has 1 aromatic heterocycles. The van der Waals surface area contributed by atoms with Gasteiger partial charge in [-0.15, -0.1) is 0 Å². The van der Waals surface area contributed by atoms with Gasteiger partial charge in [-0.1, -0.05) is 6.92 Å². The molecule has 0 radical (unpaired) electrons. The van der Waals surface area contributed by atoms with Gasteiger partial charge in [0.1, 0.15) is 0 Å². The number of hydrogen-bond acceptors (Lipinski definition) is 4. The Kier molecular flexibility index (Phi) is 5.04. The van der Waals surface area contributed by atoms with Gasteiger partial charge in [-0.3, -0.25) is 4.79 Å². The first-order chi connectivity index (χ1) is 9.95. The summed E-state index contributed by atoms with van der Waals surface area (Å²) in [6.45, 7) is 11.2. The van der Waals surface area contributed by atoms with E-state index in [-0.39, 0.29) is 11.1 Å². The predicted molar refractivity (Wildman–Crippen MR) is 87.0 cm³/mol. The van der Waals surface area contributed by atoms with Gasteiger partial charge in [0.2, 0.25) is 0 Å².